The van der Waals surface area contributed by atoms with Crippen molar-refractivity contribution in [2.75, 3.05) is 0 Å². The number of hydrogen-bond donors (Lipinski definition) is 0. The van der Waals surface area contributed by atoms with Crippen LogP contribution in [-0.2, 0) is 10.6 Å². The summed E-state index contributed by atoms with van der Waals surface area (Å²) in [7, 11) is -1.87. The molecule has 0 unspecified atom stereocenters. The molecule has 2 rings (SSSR count). The Morgan fingerprint density at radius 3 is 1.79 bits per heavy atom. The van der Waals surface area contributed by atoms with Crippen LogP contribution in [0.2, 0.25) is 31.4 Å². The maximum atomic E-state index is 14.3. The monoisotopic (exact) mass is 627 g/mol. The summed E-state index contributed by atoms with van der Waals surface area (Å²) in [6.45, 7) is 17.7. The van der Waals surface area contributed by atoms with Crippen LogP contribution in [0.3, 0.4) is 0 Å². The molecule has 1 saturated carbocycles. The van der Waals surface area contributed by atoms with E-state index in [1.807, 2.05) is 0 Å². The molecular weight excluding hydrogens is 578 g/mol. The quantitative estimate of drug-likeness (QED) is 0.204. The molecular formula is C26H48F3NOSSiSn. The molecule has 0 N–H and O–H groups in total. The van der Waals surface area contributed by atoms with E-state index in [0.717, 1.165) is 72.6 Å². The van der Waals surface area contributed by atoms with E-state index in [1.54, 1.807) is 0 Å². The van der Waals surface area contributed by atoms with E-state index < -0.39 is 38.6 Å². The Morgan fingerprint density at radius 2 is 1.41 bits per heavy atom. The molecule has 0 amide bonds. The predicted octanol–water partition coefficient (Wildman–Crippen LogP) is 9.49. The summed E-state index contributed by atoms with van der Waals surface area (Å²) in [5, 5.41) is 0.880. The van der Waals surface area contributed by atoms with E-state index in [2.05, 4.69) is 59.6 Å². The van der Waals surface area contributed by atoms with Gasteiger partial charge < -0.3 is 0 Å². The Bertz CT molecular complexity index is 747. The van der Waals surface area contributed by atoms with Gasteiger partial charge in [0.1, 0.15) is 0 Å². The van der Waals surface area contributed by atoms with Crippen molar-refractivity contribution >= 4 is 40.9 Å². The summed E-state index contributed by atoms with van der Waals surface area (Å²) in [6, 6.07) is 0. The zero-order chi connectivity index (χ0) is 25.8. The van der Waals surface area contributed by atoms with E-state index >= 15 is 0 Å². The SMILES string of the molecule is CCC[CH2][Sn]([CH2]CCC)([CH2]CCC)[c]1sc(C2CC(O[Si](C)(C)C(C)(C)C)C2)nc1C(F)(F)F. The van der Waals surface area contributed by atoms with Gasteiger partial charge in [0, 0.05) is 0 Å². The van der Waals surface area contributed by atoms with Crippen molar-refractivity contribution in [3.05, 3.63) is 10.7 Å². The van der Waals surface area contributed by atoms with Gasteiger partial charge in [0.15, 0.2) is 0 Å². The van der Waals surface area contributed by atoms with Gasteiger partial charge in [-0.2, -0.15) is 0 Å². The average molecular weight is 627 g/mol. The molecule has 0 spiro atoms. The summed E-state index contributed by atoms with van der Waals surface area (Å²) in [4.78, 5) is 4.38. The zero-order valence-corrected chi connectivity index (χ0v) is 27.5. The van der Waals surface area contributed by atoms with E-state index in [-0.39, 0.29) is 17.1 Å². The van der Waals surface area contributed by atoms with Crippen molar-refractivity contribution in [1.82, 2.24) is 4.98 Å². The molecule has 0 aromatic carbocycles. The van der Waals surface area contributed by atoms with Crippen LogP contribution in [0.25, 0.3) is 0 Å². The number of halogens is 3. The molecule has 34 heavy (non-hydrogen) atoms. The third-order valence-corrected chi connectivity index (χ3v) is 32.1. The average Bonchev–Trinajstić information content (AvgIpc) is 3.15. The van der Waals surface area contributed by atoms with Gasteiger partial charge in [-0.05, 0) is 0 Å². The Morgan fingerprint density at radius 1 is 0.941 bits per heavy atom. The number of unbranched alkanes of at least 4 members (excludes halogenated alkanes) is 3. The van der Waals surface area contributed by atoms with E-state index in [4.69, 9.17) is 4.43 Å². The fourth-order valence-electron chi connectivity index (χ4n) is 4.78. The minimum atomic E-state index is -4.35. The third kappa shape index (κ3) is 7.47. The number of nitrogens with zero attached hydrogens (tertiary/aromatic N) is 1. The molecule has 1 aromatic rings. The second-order valence-electron chi connectivity index (χ2n) is 12.0. The summed E-state index contributed by atoms with van der Waals surface area (Å²) in [5.41, 5.74) is -0.500. The molecule has 8 heteroatoms. The van der Waals surface area contributed by atoms with Crippen LogP contribution in [-0.4, -0.2) is 37.8 Å². The molecule has 1 aromatic heterocycles. The molecule has 1 aliphatic rings. The van der Waals surface area contributed by atoms with Gasteiger partial charge in [-0.15, -0.1) is 0 Å². The number of aromatic nitrogens is 1. The van der Waals surface area contributed by atoms with Crippen molar-refractivity contribution in [3.8, 4) is 0 Å². The van der Waals surface area contributed by atoms with Crippen LogP contribution in [0, 0.1) is 0 Å². The van der Waals surface area contributed by atoms with Crippen LogP contribution < -0.4 is 2.89 Å². The molecule has 1 aliphatic carbocycles. The topological polar surface area (TPSA) is 22.1 Å². The Balaban J connectivity index is 2.36. The molecule has 1 fully saturated rings. The van der Waals surface area contributed by atoms with Crippen LogP contribution >= 0.6 is 11.3 Å². The fraction of sp³-hybridized carbons (Fsp3) is 0.885. The van der Waals surface area contributed by atoms with Gasteiger partial charge in [0.25, 0.3) is 0 Å². The number of hydrogen-bond acceptors (Lipinski definition) is 3. The number of rotatable bonds is 13. The van der Waals surface area contributed by atoms with Gasteiger partial charge in [-0.3, -0.25) is 0 Å². The standard InChI is InChI=1S/C14H21F3NOSSi.3C4H9.Sn/c1-13(2,3)21(4,5)19-10-6-9(7-10)12-18-11(8-20-12)14(15,16)17;3*1-3-4-2;/h9-10H,6-7H2,1-5H3;3*1,3-4H2,2H3;. The molecule has 198 valence electrons. The first-order valence-corrected chi connectivity index (χ1v) is 24.7. The van der Waals surface area contributed by atoms with Crippen LogP contribution in [0.5, 0.6) is 0 Å². The summed E-state index contributed by atoms with van der Waals surface area (Å²) in [5.74, 6) is 0.127. The van der Waals surface area contributed by atoms with Crippen molar-refractivity contribution in [2.45, 2.75) is 143 Å². The third-order valence-electron chi connectivity index (χ3n) is 8.13. The molecule has 0 aliphatic heterocycles. The Kier molecular flexibility index (Phi) is 11.1. The van der Waals surface area contributed by atoms with Crippen molar-refractivity contribution in [1.29, 1.82) is 0 Å². The van der Waals surface area contributed by atoms with Crippen molar-refractivity contribution in [2.24, 2.45) is 0 Å². The Labute approximate surface area is 215 Å². The maximum absolute atomic E-state index is 14.3. The van der Waals surface area contributed by atoms with Gasteiger partial charge in [0.2, 0.25) is 0 Å². The van der Waals surface area contributed by atoms with Gasteiger partial charge >= 0.3 is 217 Å². The molecule has 1 heterocycles. The molecule has 0 radical (unpaired) electrons. The van der Waals surface area contributed by atoms with Crippen LogP contribution in [0.15, 0.2) is 0 Å². The molecule has 0 saturated heterocycles. The van der Waals surface area contributed by atoms with Gasteiger partial charge in [-0.1, -0.05) is 0 Å². The second kappa shape index (κ2) is 12.3. The number of alkyl halides is 3. The molecule has 2 nitrogen and oxygen atoms in total. The summed E-state index contributed by atoms with van der Waals surface area (Å²) < 4.78 is 53.4. The first-order valence-electron chi connectivity index (χ1n) is 13.5. The minimum absolute atomic E-state index is 0.127. The Hall–Kier alpha value is 0.396. The first kappa shape index (κ1) is 30.6. The fourth-order valence-corrected chi connectivity index (χ4v) is 27.0. The second-order valence-corrected chi connectivity index (χ2v) is 31.8. The number of thiazole rings is 1. The van der Waals surface area contributed by atoms with E-state index in [9.17, 15) is 13.2 Å². The first-order chi connectivity index (χ1) is 15.7. The van der Waals surface area contributed by atoms with Crippen LogP contribution in [0.1, 0.15) is 110 Å². The molecule has 0 bridgehead atoms. The van der Waals surface area contributed by atoms with Gasteiger partial charge in [-0.25, -0.2) is 0 Å². The van der Waals surface area contributed by atoms with E-state index in [1.165, 1.54) is 11.3 Å². The summed E-state index contributed by atoms with van der Waals surface area (Å²) >= 11 is -1.76. The van der Waals surface area contributed by atoms with Crippen LogP contribution in [0.4, 0.5) is 13.2 Å². The van der Waals surface area contributed by atoms with Crippen molar-refractivity contribution in [3.63, 3.8) is 0 Å². The zero-order valence-electron chi connectivity index (χ0n) is 22.8. The normalized spacial score (nSPS) is 20.0. The van der Waals surface area contributed by atoms with Gasteiger partial charge in [0.05, 0.1) is 0 Å². The molecule has 0 atom stereocenters. The predicted molar refractivity (Wildman–Crippen MR) is 146 cm³/mol. The van der Waals surface area contributed by atoms with E-state index in [0.29, 0.717) is 0 Å². The van der Waals surface area contributed by atoms with Crippen molar-refractivity contribution < 1.29 is 17.6 Å². The summed E-state index contributed by atoms with van der Waals surface area (Å²) in [6.07, 6.45) is 3.78.